The van der Waals surface area contributed by atoms with E-state index in [-0.39, 0.29) is 5.78 Å². The molecule has 0 amide bonds. The maximum Gasteiger partial charge on any atom is 0.211 e. The van der Waals surface area contributed by atoms with Crippen LogP contribution in [0.25, 0.3) is 0 Å². The lowest BCUT2D eigenvalue weighted by Gasteiger charge is -2.04. The third-order valence-corrected chi connectivity index (χ3v) is 2.87. The van der Waals surface area contributed by atoms with Gasteiger partial charge in [-0.3, -0.25) is 9.78 Å². The molecule has 0 aliphatic heterocycles. The molecule has 4 heteroatoms. The van der Waals surface area contributed by atoms with Crippen LogP contribution in [0.15, 0.2) is 41.0 Å². The van der Waals surface area contributed by atoms with Crippen LogP contribution in [0.3, 0.4) is 0 Å². The van der Waals surface area contributed by atoms with Gasteiger partial charge in [-0.2, -0.15) is 0 Å². The van der Waals surface area contributed by atoms with Crippen molar-refractivity contribution in [3.8, 4) is 0 Å². The largest absolute Gasteiger partial charge is 0.287 e. The Labute approximate surface area is 107 Å². The fourth-order valence-corrected chi connectivity index (χ4v) is 1.72. The SMILES string of the molecule is Cc1ccc(F)cc1C(=O)c1ccc(Br)cn1. The average Bonchev–Trinajstić information content (AvgIpc) is 2.32. The highest BCUT2D eigenvalue weighted by Crippen LogP contribution is 2.15. The molecule has 0 aliphatic rings. The van der Waals surface area contributed by atoms with E-state index in [0.29, 0.717) is 11.3 Å². The number of carbonyl (C=O) groups is 1. The Morgan fingerprint density at radius 1 is 1.29 bits per heavy atom. The van der Waals surface area contributed by atoms with E-state index in [1.54, 1.807) is 31.3 Å². The summed E-state index contributed by atoms with van der Waals surface area (Å²) in [5.74, 6) is -0.689. The van der Waals surface area contributed by atoms with Crippen LogP contribution >= 0.6 is 15.9 Å². The third-order valence-electron chi connectivity index (χ3n) is 2.40. The number of nitrogens with zero attached hydrogens (tertiary/aromatic N) is 1. The standard InChI is InChI=1S/C13H9BrFNO/c1-8-2-4-10(15)6-11(8)13(17)12-5-3-9(14)7-16-12/h2-7H,1H3. The Morgan fingerprint density at radius 2 is 2.06 bits per heavy atom. The second-order valence-electron chi connectivity index (χ2n) is 3.65. The predicted octanol–water partition coefficient (Wildman–Crippen LogP) is 3.52. The maximum atomic E-state index is 13.1. The number of hydrogen-bond acceptors (Lipinski definition) is 2. The highest BCUT2D eigenvalue weighted by Gasteiger charge is 2.13. The number of pyridine rings is 1. The van der Waals surface area contributed by atoms with Crippen molar-refractivity contribution in [2.45, 2.75) is 6.92 Å². The minimum absolute atomic E-state index is 0.269. The molecule has 0 N–H and O–H groups in total. The number of carbonyl (C=O) groups excluding carboxylic acids is 1. The lowest BCUT2D eigenvalue weighted by molar-refractivity contribution is 0.103. The molecule has 1 aromatic carbocycles. The highest BCUT2D eigenvalue weighted by molar-refractivity contribution is 9.10. The van der Waals surface area contributed by atoms with Crippen LogP contribution in [0.5, 0.6) is 0 Å². The second kappa shape index (κ2) is 4.75. The molecule has 17 heavy (non-hydrogen) atoms. The highest BCUT2D eigenvalue weighted by atomic mass is 79.9. The lowest BCUT2D eigenvalue weighted by Crippen LogP contribution is -2.06. The summed E-state index contributed by atoms with van der Waals surface area (Å²) in [6, 6.07) is 7.50. The first kappa shape index (κ1) is 11.9. The summed E-state index contributed by atoms with van der Waals surface area (Å²) in [6.45, 7) is 1.77. The maximum absolute atomic E-state index is 13.1. The fraction of sp³-hybridized carbons (Fsp3) is 0.0769. The number of aryl methyl sites for hydroxylation is 1. The molecule has 0 atom stereocenters. The fourth-order valence-electron chi connectivity index (χ4n) is 1.49. The molecule has 0 bridgehead atoms. The van der Waals surface area contributed by atoms with Gasteiger partial charge in [-0.15, -0.1) is 0 Å². The van der Waals surface area contributed by atoms with Crippen LogP contribution in [0.1, 0.15) is 21.6 Å². The molecule has 0 spiro atoms. The van der Waals surface area contributed by atoms with E-state index in [0.717, 1.165) is 10.0 Å². The third kappa shape index (κ3) is 2.58. The van der Waals surface area contributed by atoms with Crippen molar-refractivity contribution < 1.29 is 9.18 Å². The van der Waals surface area contributed by atoms with Gasteiger partial charge in [0.2, 0.25) is 5.78 Å². The number of aromatic nitrogens is 1. The van der Waals surface area contributed by atoms with E-state index in [4.69, 9.17) is 0 Å². The molecule has 2 nitrogen and oxygen atoms in total. The van der Waals surface area contributed by atoms with Gasteiger partial charge in [-0.25, -0.2) is 4.39 Å². The van der Waals surface area contributed by atoms with Gasteiger partial charge in [0.1, 0.15) is 11.5 Å². The molecule has 0 radical (unpaired) electrons. The average molecular weight is 294 g/mol. The summed E-state index contributed by atoms with van der Waals surface area (Å²) in [5, 5.41) is 0. The van der Waals surface area contributed by atoms with Crippen molar-refractivity contribution in [2.24, 2.45) is 0 Å². The molecule has 0 unspecified atom stereocenters. The summed E-state index contributed by atoms with van der Waals surface area (Å²) in [6.07, 6.45) is 1.54. The van der Waals surface area contributed by atoms with Crippen molar-refractivity contribution in [1.82, 2.24) is 4.98 Å². The van der Waals surface area contributed by atoms with Gasteiger partial charge in [0.15, 0.2) is 0 Å². The van der Waals surface area contributed by atoms with E-state index in [9.17, 15) is 9.18 Å². The number of rotatable bonds is 2. The van der Waals surface area contributed by atoms with E-state index in [2.05, 4.69) is 20.9 Å². The van der Waals surface area contributed by atoms with Crippen LogP contribution in [-0.4, -0.2) is 10.8 Å². The monoisotopic (exact) mass is 293 g/mol. The molecule has 2 rings (SSSR count). The summed E-state index contributed by atoms with van der Waals surface area (Å²) in [4.78, 5) is 16.1. The smallest absolute Gasteiger partial charge is 0.211 e. The Balaban J connectivity index is 2.43. The summed E-state index contributed by atoms with van der Waals surface area (Å²) in [5.41, 5.74) is 1.39. The van der Waals surface area contributed by atoms with E-state index < -0.39 is 5.82 Å². The number of benzene rings is 1. The number of halogens is 2. The van der Waals surface area contributed by atoms with E-state index in [1.807, 2.05) is 0 Å². The molecule has 0 aliphatic carbocycles. The minimum Gasteiger partial charge on any atom is -0.287 e. The topological polar surface area (TPSA) is 30.0 Å². The predicted molar refractivity (Wildman–Crippen MR) is 66.5 cm³/mol. The number of ketones is 1. The zero-order chi connectivity index (χ0) is 12.4. The molecular weight excluding hydrogens is 285 g/mol. The van der Waals surface area contributed by atoms with Crippen molar-refractivity contribution in [1.29, 1.82) is 0 Å². The molecule has 0 saturated carbocycles. The van der Waals surface area contributed by atoms with Crippen molar-refractivity contribution in [3.05, 3.63) is 63.6 Å². The molecular formula is C13H9BrFNO. The lowest BCUT2D eigenvalue weighted by atomic mass is 10.0. The van der Waals surface area contributed by atoms with Gasteiger partial charge in [0.25, 0.3) is 0 Å². The van der Waals surface area contributed by atoms with Gasteiger partial charge < -0.3 is 0 Å². The Morgan fingerprint density at radius 3 is 2.71 bits per heavy atom. The first-order chi connectivity index (χ1) is 8.08. The molecule has 1 heterocycles. The zero-order valence-electron chi connectivity index (χ0n) is 9.08. The first-order valence-electron chi connectivity index (χ1n) is 5.00. The van der Waals surface area contributed by atoms with Crippen molar-refractivity contribution >= 4 is 21.7 Å². The minimum atomic E-state index is -0.420. The molecule has 2 aromatic rings. The van der Waals surface area contributed by atoms with Gasteiger partial charge >= 0.3 is 0 Å². The summed E-state index contributed by atoms with van der Waals surface area (Å²) in [7, 11) is 0. The van der Waals surface area contributed by atoms with Crippen molar-refractivity contribution in [2.75, 3.05) is 0 Å². The second-order valence-corrected chi connectivity index (χ2v) is 4.57. The number of hydrogen-bond donors (Lipinski definition) is 0. The Hall–Kier alpha value is -1.55. The van der Waals surface area contributed by atoms with Crippen molar-refractivity contribution in [3.63, 3.8) is 0 Å². The zero-order valence-corrected chi connectivity index (χ0v) is 10.7. The Bertz CT molecular complexity index is 566. The van der Waals surface area contributed by atoms with Crippen LogP contribution in [0, 0.1) is 12.7 Å². The summed E-state index contributed by atoms with van der Waals surface area (Å²) < 4.78 is 13.9. The first-order valence-corrected chi connectivity index (χ1v) is 5.79. The Kier molecular flexibility index (Phi) is 3.33. The van der Waals surface area contributed by atoms with E-state index >= 15 is 0 Å². The van der Waals surface area contributed by atoms with Crippen LogP contribution in [0.4, 0.5) is 4.39 Å². The summed E-state index contributed by atoms with van der Waals surface area (Å²) >= 11 is 3.24. The van der Waals surface area contributed by atoms with Gasteiger partial charge in [0.05, 0.1) is 0 Å². The van der Waals surface area contributed by atoms with E-state index in [1.165, 1.54) is 12.1 Å². The van der Waals surface area contributed by atoms with Crippen LogP contribution < -0.4 is 0 Å². The quantitative estimate of drug-likeness (QED) is 0.793. The molecule has 0 fully saturated rings. The van der Waals surface area contributed by atoms with Gasteiger partial charge in [0, 0.05) is 16.2 Å². The van der Waals surface area contributed by atoms with Crippen LogP contribution in [0.2, 0.25) is 0 Å². The molecule has 86 valence electrons. The van der Waals surface area contributed by atoms with Gasteiger partial charge in [-0.1, -0.05) is 6.07 Å². The molecule has 1 aromatic heterocycles. The van der Waals surface area contributed by atoms with Gasteiger partial charge in [-0.05, 0) is 52.7 Å². The molecule has 0 saturated heterocycles. The normalized spacial score (nSPS) is 10.3. The van der Waals surface area contributed by atoms with Crippen LogP contribution in [-0.2, 0) is 0 Å².